The summed E-state index contributed by atoms with van der Waals surface area (Å²) >= 11 is 0. The van der Waals surface area contributed by atoms with Crippen LogP contribution in [0.15, 0.2) is 12.4 Å². The molecule has 19 nitrogen and oxygen atoms in total. The number of aromatic nitrogens is 1. The standard InChI is InChI=1S/C18H28N4O7.4C2HF3O2/c19-12(16(24)25)3-1-2-6-22-8-10(4-5-13(20)17(26)27)11(15(23)9-22)7-14(21)18(28)29;4*3-2(4,5)1(6)7/h8-9,12-14H,1-7,19-21H2,(H3-,23,24,25,26,27,28,29);4*(H,6,7)/t12-,13-,14-;;;;/m0..../s1. The Kier molecular flexibility index (Phi) is 25.9. The highest BCUT2D eigenvalue weighted by Gasteiger charge is 2.31. The number of rotatable bonds is 13. The Morgan fingerprint density at radius 3 is 1.14 bits per heavy atom. The minimum Gasteiger partial charge on any atom is -0.542 e. The van der Waals surface area contributed by atoms with Crippen LogP contribution in [0.1, 0.15) is 36.8 Å². The highest BCUT2D eigenvalue weighted by molar-refractivity contribution is 5.73. The van der Waals surface area contributed by atoms with Crippen LogP contribution in [0, 0.1) is 0 Å². The number of aliphatic carboxylic acids is 7. The van der Waals surface area contributed by atoms with Crippen molar-refractivity contribution in [2.24, 2.45) is 0 Å². The minimum absolute atomic E-state index is 0.0218. The molecule has 0 unspecified atom stereocenters. The number of alkyl halides is 12. The number of carbonyl (C=O) groups excluding carboxylic acids is 4. The molecule has 0 saturated heterocycles. The number of hydrogen-bond donors (Lipinski definition) is 7. The second kappa shape index (κ2) is 25.4. The van der Waals surface area contributed by atoms with Crippen molar-refractivity contribution in [1.82, 2.24) is 0 Å². The SMILES string of the molecule is O=C([O-])C(F)(F)F.O=C([O-])C(F)(F)F.O=C([O-])C(F)(F)F.O=C([O-])C(F)(F)F.[NH3+][C@@H](CCCC[n+]1cc(O)c(C[C@H]([NH3+])C(=O)O)c(CC[C@H]([NH3+])C(=O)O)c1)C(=O)O. The third-order valence-electron chi connectivity index (χ3n) is 5.71. The van der Waals surface area contributed by atoms with E-state index in [2.05, 4.69) is 17.2 Å². The molecule has 0 aliphatic heterocycles. The van der Waals surface area contributed by atoms with E-state index in [1.807, 2.05) is 0 Å². The number of hydrogen-bond acceptors (Lipinski definition) is 12. The van der Waals surface area contributed by atoms with E-state index < -0.39 is 84.6 Å². The average molecular weight is 869 g/mol. The fourth-order valence-corrected chi connectivity index (χ4v) is 2.89. The first kappa shape index (κ1) is 58.0. The molecule has 0 aromatic carbocycles. The fraction of sp³-hybridized carbons (Fsp3) is 0.538. The molecule has 0 spiro atoms. The van der Waals surface area contributed by atoms with E-state index in [-0.39, 0.29) is 18.6 Å². The molecule has 1 heterocycles. The quantitative estimate of drug-likeness (QED) is 0.0551. The van der Waals surface area contributed by atoms with Gasteiger partial charge < -0.3 is 77.2 Å². The van der Waals surface area contributed by atoms with E-state index in [1.54, 1.807) is 10.8 Å². The van der Waals surface area contributed by atoms with E-state index in [4.69, 9.17) is 54.9 Å². The van der Waals surface area contributed by atoms with Gasteiger partial charge in [-0.15, -0.1) is 0 Å². The molecule has 1 aromatic rings. The van der Waals surface area contributed by atoms with E-state index >= 15 is 0 Å². The lowest BCUT2D eigenvalue weighted by molar-refractivity contribution is -0.698. The molecule has 0 aliphatic carbocycles. The van der Waals surface area contributed by atoms with Crippen molar-refractivity contribution in [3.8, 4) is 5.75 Å². The Labute approximate surface area is 308 Å². The highest BCUT2D eigenvalue weighted by atomic mass is 19.4. The molecule has 57 heavy (non-hydrogen) atoms. The molecule has 1 rings (SSSR count). The van der Waals surface area contributed by atoms with Gasteiger partial charge in [0.2, 0.25) is 6.20 Å². The van der Waals surface area contributed by atoms with Gasteiger partial charge in [-0.05, 0) is 12.8 Å². The van der Waals surface area contributed by atoms with Crippen LogP contribution < -0.4 is 42.2 Å². The highest BCUT2D eigenvalue weighted by Crippen LogP contribution is 2.22. The zero-order chi connectivity index (χ0) is 46.4. The number of carbonyl (C=O) groups is 7. The van der Waals surface area contributed by atoms with Gasteiger partial charge in [0.05, 0.1) is 0 Å². The van der Waals surface area contributed by atoms with Crippen molar-refractivity contribution in [1.29, 1.82) is 0 Å². The molecule has 3 atom stereocenters. The number of nitrogens with zero attached hydrogens (tertiary/aromatic N) is 1. The van der Waals surface area contributed by atoms with Crippen molar-refractivity contribution in [2.45, 2.75) is 87.9 Å². The van der Waals surface area contributed by atoms with Gasteiger partial charge in [0.25, 0.3) is 0 Å². The third-order valence-corrected chi connectivity index (χ3v) is 5.71. The van der Waals surface area contributed by atoms with Crippen molar-refractivity contribution in [3.63, 3.8) is 0 Å². The summed E-state index contributed by atoms with van der Waals surface area (Å²) in [6.45, 7) is 0.520. The molecule has 330 valence electrons. The second-order valence-electron chi connectivity index (χ2n) is 10.4. The summed E-state index contributed by atoms with van der Waals surface area (Å²) in [7, 11) is 0. The number of aromatic hydroxyl groups is 1. The number of aryl methyl sites for hydroxylation is 2. The van der Waals surface area contributed by atoms with E-state index in [0.717, 1.165) is 0 Å². The molecule has 13 N–H and O–H groups in total. The summed E-state index contributed by atoms with van der Waals surface area (Å²) in [5.41, 5.74) is 11.8. The maximum absolute atomic E-state index is 11.1. The van der Waals surface area contributed by atoms with Crippen LogP contribution >= 0.6 is 0 Å². The zero-order valence-electron chi connectivity index (χ0n) is 28.2. The molecular weight excluding hydrogens is 836 g/mol. The smallest absolute Gasteiger partial charge is 0.430 e. The van der Waals surface area contributed by atoms with Gasteiger partial charge in [0, 0.05) is 36.8 Å². The number of quaternary nitrogens is 3. The van der Waals surface area contributed by atoms with Crippen LogP contribution in [-0.4, -0.2) is 105 Å². The number of pyridine rings is 1. The topological polar surface area (TPSA) is 379 Å². The first-order valence-electron chi connectivity index (χ1n) is 14.3. The van der Waals surface area contributed by atoms with Crippen molar-refractivity contribution >= 4 is 41.8 Å². The zero-order valence-corrected chi connectivity index (χ0v) is 28.2. The molecule has 0 aliphatic rings. The number of unbranched alkanes of at least 4 members (excludes halogenated alkanes) is 1. The van der Waals surface area contributed by atoms with E-state index in [0.29, 0.717) is 43.4 Å². The van der Waals surface area contributed by atoms with Gasteiger partial charge in [-0.1, -0.05) is 0 Å². The molecule has 0 bridgehead atoms. The predicted molar refractivity (Wildman–Crippen MR) is 141 cm³/mol. The van der Waals surface area contributed by atoms with Crippen LogP contribution in [0.4, 0.5) is 52.7 Å². The van der Waals surface area contributed by atoms with Gasteiger partial charge in [-0.25, -0.2) is 19.0 Å². The summed E-state index contributed by atoms with van der Waals surface area (Å²) < 4.78 is 128. The summed E-state index contributed by atoms with van der Waals surface area (Å²) in [6, 6.07) is -2.43. The number of carboxylic acids is 7. The molecule has 0 radical (unpaired) electrons. The Morgan fingerprint density at radius 2 is 0.860 bits per heavy atom. The minimum atomic E-state index is -5.19. The Balaban J connectivity index is -0.000000402. The third kappa shape index (κ3) is 30.2. The maximum atomic E-state index is 11.1. The van der Waals surface area contributed by atoms with Crippen LogP contribution in [0.3, 0.4) is 0 Å². The number of carboxylic acid groups (broad SMARTS) is 7. The van der Waals surface area contributed by atoms with Crippen molar-refractivity contribution < 1.29 is 149 Å². The Bertz CT molecular complexity index is 1410. The van der Waals surface area contributed by atoms with Crippen LogP contribution in [0.5, 0.6) is 5.75 Å². The van der Waals surface area contributed by atoms with Gasteiger partial charge in [-0.3, -0.25) is 0 Å². The lowest BCUT2D eigenvalue weighted by atomic mass is 9.96. The Morgan fingerprint density at radius 1 is 0.561 bits per heavy atom. The lowest BCUT2D eigenvalue weighted by Gasteiger charge is -2.12. The summed E-state index contributed by atoms with van der Waals surface area (Å²) in [6.07, 6.45) is -15.2. The van der Waals surface area contributed by atoms with E-state index in [9.17, 15) is 72.2 Å². The molecular formula is C26H32F12N4O15. The van der Waals surface area contributed by atoms with Gasteiger partial charge in [0.15, 0.2) is 30.1 Å². The Hall–Kier alpha value is -5.72. The maximum Gasteiger partial charge on any atom is 0.430 e. The molecule has 0 saturated carbocycles. The summed E-state index contributed by atoms with van der Waals surface area (Å²) in [4.78, 5) is 68.1. The van der Waals surface area contributed by atoms with Crippen LogP contribution in [0.2, 0.25) is 0 Å². The van der Waals surface area contributed by atoms with Crippen LogP contribution in [0.25, 0.3) is 0 Å². The summed E-state index contributed by atoms with van der Waals surface area (Å²) in [5, 5.41) is 72.6. The fourth-order valence-electron chi connectivity index (χ4n) is 2.89. The lowest BCUT2D eigenvalue weighted by Crippen LogP contribution is -2.66. The first-order valence-corrected chi connectivity index (χ1v) is 14.3. The monoisotopic (exact) mass is 868 g/mol. The largest absolute Gasteiger partial charge is 0.542 e. The van der Waals surface area contributed by atoms with Gasteiger partial charge in [0.1, 0.15) is 30.4 Å². The van der Waals surface area contributed by atoms with Crippen LogP contribution in [-0.2, 0) is 52.9 Å². The van der Waals surface area contributed by atoms with Gasteiger partial charge >= 0.3 is 42.6 Å². The van der Waals surface area contributed by atoms with Crippen molar-refractivity contribution in [2.75, 3.05) is 0 Å². The first-order chi connectivity index (χ1) is 25.3. The van der Waals surface area contributed by atoms with Gasteiger partial charge in [-0.2, -0.15) is 52.7 Å². The molecule has 1 aromatic heterocycles. The average Bonchev–Trinajstić information content (AvgIpc) is 3.02. The predicted octanol–water partition coefficient (Wildman–Crippen LogP) is -6.40. The summed E-state index contributed by atoms with van der Waals surface area (Å²) in [5.74, 6) is -15.2. The molecule has 0 fully saturated rings. The van der Waals surface area contributed by atoms with E-state index in [1.165, 1.54) is 6.20 Å². The number of halogens is 12. The molecule has 31 heteroatoms. The molecule has 0 amide bonds. The second-order valence-corrected chi connectivity index (χ2v) is 10.4. The normalized spacial score (nSPS) is 12.8. The van der Waals surface area contributed by atoms with Crippen molar-refractivity contribution in [3.05, 3.63) is 23.5 Å².